The summed E-state index contributed by atoms with van der Waals surface area (Å²) in [4.78, 5) is 4.20. The molecule has 4 heteroatoms. The third kappa shape index (κ3) is 4.07. The number of nitrogens with one attached hydrogen (secondary N) is 1. The molecule has 0 radical (unpaired) electrons. The lowest BCUT2D eigenvalue weighted by atomic mass is 9.99. The first-order chi connectivity index (χ1) is 8.22. The number of aryl methyl sites for hydroxylation is 1. The highest BCUT2D eigenvalue weighted by Crippen LogP contribution is 2.22. The van der Waals surface area contributed by atoms with Crippen LogP contribution in [0.1, 0.15) is 43.9 Å². The Morgan fingerprint density at radius 1 is 1.41 bits per heavy atom. The van der Waals surface area contributed by atoms with Crippen molar-refractivity contribution in [1.82, 2.24) is 10.4 Å². The minimum atomic E-state index is 0.00213. The van der Waals surface area contributed by atoms with Crippen LogP contribution in [0.3, 0.4) is 0 Å². The molecule has 0 bridgehead atoms. The summed E-state index contributed by atoms with van der Waals surface area (Å²) in [5, 5.41) is 0. The van der Waals surface area contributed by atoms with Gasteiger partial charge in [0.25, 0.3) is 0 Å². The highest BCUT2D eigenvalue weighted by molar-refractivity contribution is 5.21. The molecular weight excluding hydrogens is 214 g/mol. The van der Waals surface area contributed by atoms with Crippen molar-refractivity contribution in [3.8, 4) is 0 Å². The molecule has 0 aliphatic rings. The molecule has 0 spiro atoms. The van der Waals surface area contributed by atoms with Gasteiger partial charge in [0.1, 0.15) is 0 Å². The van der Waals surface area contributed by atoms with E-state index >= 15 is 0 Å². The summed E-state index contributed by atoms with van der Waals surface area (Å²) >= 11 is 0. The fourth-order valence-corrected chi connectivity index (χ4v) is 2.01. The van der Waals surface area contributed by atoms with E-state index in [1.165, 1.54) is 0 Å². The predicted octanol–water partition coefficient (Wildman–Crippen LogP) is 2.10. The molecule has 17 heavy (non-hydrogen) atoms. The molecule has 0 aromatic carbocycles. The van der Waals surface area contributed by atoms with E-state index in [1.807, 2.05) is 26.2 Å². The molecule has 0 fully saturated rings. The molecule has 0 saturated heterocycles. The Morgan fingerprint density at radius 2 is 2.18 bits per heavy atom. The van der Waals surface area contributed by atoms with E-state index < -0.39 is 0 Å². The maximum atomic E-state index is 5.76. The first-order valence-electron chi connectivity index (χ1n) is 6.22. The van der Waals surface area contributed by atoms with E-state index in [2.05, 4.69) is 23.4 Å². The van der Waals surface area contributed by atoms with E-state index in [0.29, 0.717) is 6.61 Å². The fourth-order valence-electron chi connectivity index (χ4n) is 2.01. The van der Waals surface area contributed by atoms with Gasteiger partial charge in [-0.3, -0.25) is 16.3 Å². The number of hydrazine groups is 1. The Bertz CT molecular complexity index is 324. The van der Waals surface area contributed by atoms with Gasteiger partial charge in [0, 0.05) is 19.0 Å². The van der Waals surface area contributed by atoms with Crippen LogP contribution in [-0.4, -0.2) is 17.7 Å². The van der Waals surface area contributed by atoms with Crippen molar-refractivity contribution in [2.24, 2.45) is 5.84 Å². The van der Waals surface area contributed by atoms with Gasteiger partial charge in [0.05, 0.1) is 12.1 Å². The maximum Gasteiger partial charge on any atom is 0.0783 e. The molecule has 0 saturated carbocycles. The first kappa shape index (κ1) is 14.1. The number of aromatic nitrogens is 1. The number of nitrogens with two attached hydrogens (primary N) is 1. The lowest BCUT2D eigenvalue weighted by Gasteiger charge is -2.26. The van der Waals surface area contributed by atoms with Crippen LogP contribution < -0.4 is 11.3 Å². The average molecular weight is 237 g/mol. The van der Waals surface area contributed by atoms with Crippen LogP contribution in [0.2, 0.25) is 0 Å². The van der Waals surface area contributed by atoms with Crippen LogP contribution >= 0.6 is 0 Å². The van der Waals surface area contributed by atoms with Crippen LogP contribution in [0.5, 0.6) is 0 Å². The minimum Gasteiger partial charge on any atom is -0.376 e. The number of hydrogen-bond acceptors (Lipinski definition) is 4. The van der Waals surface area contributed by atoms with Crippen molar-refractivity contribution in [1.29, 1.82) is 0 Å². The zero-order valence-corrected chi connectivity index (χ0v) is 10.9. The molecule has 1 rings (SSSR count). The Labute approximate surface area is 104 Å². The van der Waals surface area contributed by atoms with E-state index in [4.69, 9.17) is 10.6 Å². The molecule has 1 aromatic heterocycles. The molecule has 2 unspecified atom stereocenters. The minimum absolute atomic E-state index is 0.00213. The summed E-state index contributed by atoms with van der Waals surface area (Å²) in [5.41, 5.74) is 5.07. The Kier molecular flexibility index (Phi) is 6.11. The van der Waals surface area contributed by atoms with E-state index in [9.17, 15) is 0 Å². The van der Waals surface area contributed by atoms with E-state index in [0.717, 1.165) is 24.0 Å². The Balaban J connectivity index is 2.87. The van der Waals surface area contributed by atoms with Gasteiger partial charge in [0.15, 0.2) is 0 Å². The van der Waals surface area contributed by atoms with Crippen LogP contribution in [-0.2, 0) is 4.74 Å². The van der Waals surface area contributed by atoms with Crippen LogP contribution in [0.25, 0.3) is 0 Å². The van der Waals surface area contributed by atoms with Crippen molar-refractivity contribution in [3.63, 3.8) is 0 Å². The lowest BCUT2D eigenvalue weighted by Crippen LogP contribution is -2.38. The maximum absolute atomic E-state index is 5.76. The van der Waals surface area contributed by atoms with Crippen molar-refractivity contribution in [2.75, 3.05) is 6.61 Å². The summed E-state index contributed by atoms with van der Waals surface area (Å²) in [5.74, 6) is 5.66. The zero-order chi connectivity index (χ0) is 12.7. The lowest BCUT2D eigenvalue weighted by molar-refractivity contribution is 0.0275. The normalized spacial score (nSPS) is 14.6. The second-order valence-corrected chi connectivity index (χ2v) is 4.22. The van der Waals surface area contributed by atoms with Gasteiger partial charge in [0.2, 0.25) is 0 Å². The summed E-state index contributed by atoms with van der Waals surface area (Å²) in [7, 11) is 0. The molecule has 2 atom stereocenters. The molecule has 1 aromatic rings. The quantitative estimate of drug-likeness (QED) is 0.563. The van der Waals surface area contributed by atoms with Crippen molar-refractivity contribution in [2.45, 2.75) is 45.8 Å². The van der Waals surface area contributed by atoms with Gasteiger partial charge in [-0.2, -0.15) is 0 Å². The highest BCUT2D eigenvalue weighted by atomic mass is 16.5. The monoisotopic (exact) mass is 237 g/mol. The second-order valence-electron chi connectivity index (χ2n) is 4.22. The van der Waals surface area contributed by atoms with Gasteiger partial charge in [-0.1, -0.05) is 19.4 Å². The van der Waals surface area contributed by atoms with Gasteiger partial charge in [-0.05, 0) is 31.4 Å². The predicted molar refractivity (Wildman–Crippen MR) is 69.4 cm³/mol. The average Bonchev–Trinajstić information content (AvgIpc) is 2.31. The molecular formula is C13H23N3O. The second kappa shape index (κ2) is 7.37. The molecule has 1 heterocycles. The van der Waals surface area contributed by atoms with Crippen molar-refractivity contribution < 1.29 is 4.74 Å². The first-order valence-corrected chi connectivity index (χ1v) is 6.22. The summed E-state index contributed by atoms with van der Waals surface area (Å²) in [6.07, 6.45) is 5.84. The SMILES string of the molecule is CCCC(OCC)C(NN)c1cncc(C)c1. The summed E-state index contributed by atoms with van der Waals surface area (Å²) in [6, 6.07) is 2.10. The smallest absolute Gasteiger partial charge is 0.0783 e. The van der Waals surface area contributed by atoms with Crippen LogP contribution in [0.4, 0.5) is 0 Å². The van der Waals surface area contributed by atoms with Gasteiger partial charge in [-0.25, -0.2) is 0 Å². The van der Waals surface area contributed by atoms with Gasteiger partial charge < -0.3 is 4.74 Å². The topological polar surface area (TPSA) is 60.2 Å². The third-order valence-electron chi connectivity index (χ3n) is 2.76. The van der Waals surface area contributed by atoms with Crippen LogP contribution in [0, 0.1) is 6.92 Å². The number of nitrogens with zero attached hydrogens (tertiary/aromatic N) is 1. The van der Waals surface area contributed by atoms with Gasteiger partial charge in [-0.15, -0.1) is 0 Å². The van der Waals surface area contributed by atoms with E-state index in [-0.39, 0.29) is 12.1 Å². The molecule has 0 amide bonds. The number of hydrogen-bond donors (Lipinski definition) is 2. The Morgan fingerprint density at radius 3 is 2.71 bits per heavy atom. The zero-order valence-electron chi connectivity index (χ0n) is 10.9. The van der Waals surface area contributed by atoms with Crippen molar-refractivity contribution in [3.05, 3.63) is 29.6 Å². The summed E-state index contributed by atoms with van der Waals surface area (Å²) < 4.78 is 5.76. The number of ether oxygens (including phenoxy) is 1. The summed E-state index contributed by atoms with van der Waals surface area (Å²) in [6.45, 7) is 6.88. The standard InChI is InChI=1S/C13H23N3O/c1-4-6-12(17-5-2)13(16-14)11-7-10(3)8-15-9-11/h7-9,12-13,16H,4-6,14H2,1-3H3. The van der Waals surface area contributed by atoms with Crippen LogP contribution in [0.15, 0.2) is 18.5 Å². The third-order valence-corrected chi connectivity index (χ3v) is 2.76. The molecule has 4 nitrogen and oxygen atoms in total. The number of rotatable bonds is 7. The largest absolute Gasteiger partial charge is 0.376 e. The van der Waals surface area contributed by atoms with E-state index in [1.54, 1.807) is 0 Å². The van der Waals surface area contributed by atoms with Crippen molar-refractivity contribution >= 4 is 0 Å². The molecule has 0 aliphatic carbocycles. The molecule has 96 valence electrons. The van der Waals surface area contributed by atoms with Gasteiger partial charge >= 0.3 is 0 Å². The highest BCUT2D eigenvalue weighted by Gasteiger charge is 2.22. The fraction of sp³-hybridized carbons (Fsp3) is 0.615. The number of pyridine rings is 1. The Hall–Kier alpha value is -0.970. The molecule has 3 N–H and O–H groups in total. The molecule has 0 aliphatic heterocycles.